The van der Waals surface area contributed by atoms with E-state index in [-0.39, 0.29) is 28.2 Å². The normalized spacial score (nSPS) is 11.3. The third kappa shape index (κ3) is 4.29. The number of aromatic hydroxyl groups is 2. The third-order valence-corrected chi connectivity index (χ3v) is 2.90. The van der Waals surface area contributed by atoms with Crippen molar-refractivity contribution in [2.75, 3.05) is 0 Å². The monoisotopic (exact) mass is 328 g/mol. The third-order valence-electron chi connectivity index (χ3n) is 2.90. The fourth-order valence-corrected chi connectivity index (χ4v) is 2.13. The van der Waals surface area contributed by atoms with E-state index in [0.717, 1.165) is 18.2 Å². The number of rotatable bonds is 4. The fraction of sp³-hybridized carbons (Fsp3) is 0.133. The highest BCUT2D eigenvalue weighted by atomic mass is 19.4. The summed E-state index contributed by atoms with van der Waals surface area (Å²) in [5.74, 6) is -2.34. The number of carbonyl (C=O) groups is 1. The number of halogens is 3. The molecule has 0 aliphatic rings. The molecule has 0 saturated heterocycles. The molecule has 0 unspecified atom stereocenters. The second-order valence-corrected chi connectivity index (χ2v) is 4.64. The standard InChI is InChI=1S/C15H11F3O5/c16-15(17,18)23-11-3-1-8(2-4-11)14-9(6-13(21)22)5-10(19)7-12(14)20/h1-5,7,19-20H,6H2,(H,21,22). The smallest absolute Gasteiger partial charge is 0.508 e. The van der Waals surface area contributed by atoms with E-state index in [4.69, 9.17) is 5.11 Å². The average Bonchev–Trinajstić information content (AvgIpc) is 2.37. The van der Waals surface area contributed by atoms with E-state index >= 15 is 0 Å². The Labute approximate surface area is 128 Å². The molecule has 8 heteroatoms. The van der Waals surface area contributed by atoms with Crippen molar-refractivity contribution in [3.63, 3.8) is 0 Å². The van der Waals surface area contributed by atoms with E-state index in [0.29, 0.717) is 0 Å². The molecule has 0 fully saturated rings. The number of phenols is 2. The second-order valence-electron chi connectivity index (χ2n) is 4.64. The number of benzene rings is 2. The van der Waals surface area contributed by atoms with Crippen molar-refractivity contribution in [2.24, 2.45) is 0 Å². The first-order valence-corrected chi connectivity index (χ1v) is 6.28. The number of carboxylic acid groups (broad SMARTS) is 1. The minimum Gasteiger partial charge on any atom is -0.508 e. The van der Waals surface area contributed by atoms with Crippen LogP contribution in [0.15, 0.2) is 36.4 Å². The van der Waals surface area contributed by atoms with Gasteiger partial charge in [0.2, 0.25) is 0 Å². The summed E-state index contributed by atoms with van der Waals surface area (Å²) in [7, 11) is 0. The highest BCUT2D eigenvalue weighted by Gasteiger charge is 2.31. The van der Waals surface area contributed by atoms with E-state index in [9.17, 15) is 28.2 Å². The van der Waals surface area contributed by atoms with Gasteiger partial charge in [-0.3, -0.25) is 4.79 Å². The van der Waals surface area contributed by atoms with Gasteiger partial charge in [0.05, 0.1) is 6.42 Å². The molecule has 2 aromatic carbocycles. The zero-order chi connectivity index (χ0) is 17.2. The number of hydrogen-bond donors (Lipinski definition) is 3. The van der Waals surface area contributed by atoms with Crippen molar-refractivity contribution in [3.05, 3.63) is 42.0 Å². The predicted octanol–water partition coefficient (Wildman–Crippen LogP) is 3.29. The number of carboxylic acids is 1. The molecule has 0 spiro atoms. The van der Waals surface area contributed by atoms with E-state index in [2.05, 4.69) is 4.74 Å². The number of alkyl halides is 3. The minimum absolute atomic E-state index is 0.115. The molecule has 0 bridgehead atoms. The van der Waals surface area contributed by atoms with Gasteiger partial charge in [-0.05, 0) is 29.3 Å². The molecular formula is C15H11F3O5. The summed E-state index contributed by atoms with van der Waals surface area (Å²) in [6.45, 7) is 0. The first-order chi connectivity index (χ1) is 10.7. The molecule has 0 saturated carbocycles. The van der Waals surface area contributed by atoms with Crippen molar-refractivity contribution in [1.82, 2.24) is 0 Å². The van der Waals surface area contributed by atoms with Gasteiger partial charge in [0.25, 0.3) is 0 Å². The summed E-state index contributed by atoms with van der Waals surface area (Å²) in [5, 5.41) is 28.3. The van der Waals surface area contributed by atoms with Crippen molar-refractivity contribution in [1.29, 1.82) is 0 Å². The van der Waals surface area contributed by atoms with E-state index in [1.807, 2.05) is 0 Å². The summed E-state index contributed by atoms with van der Waals surface area (Å²) in [6, 6.07) is 6.76. The zero-order valence-electron chi connectivity index (χ0n) is 11.5. The van der Waals surface area contributed by atoms with Crippen molar-refractivity contribution >= 4 is 5.97 Å². The lowest BCUT2D eigenvalue weighted by Gasteiger charge is -2.13. The Hall–Kier alpha value is -2.90. The molecular weight excluding hydrogens is 317 g/mol. The van der Waals surface area contributed by atoms with Gasteiger partial charge in [-0.2, -0.15) is 0 Å². The Bertz CT molecular complexity index is 723. The summed E-state index contributed by atoms with van der Waals surface area (Å²) < 4.78 is 40.1. The Morgan fingerprint density at radius 1 is 1.09 bits per heavy atom. The van der Waals surface area contributed by atoms with Gasteiger partial charge in [0.15, 0.2) is 0 Å². The Kier molecular flexibility index (Phi) is 4.35. The van der Waals surface area contributed by atoms with Crippen LogP contribution in [-0.2, 0) is 11.2 Å². The van der Waals surface area contributed by atoms with Crippen LogP contribution in [0.2, 0.25) is 0 Å². The molecule has 3 N–H and O–H groups in total. The summed E-state index contributed by atoms with van der Waals surface area (Å²) >= 11 is 0. The first-order valence-electron chi connectivity index (χ1n) is 6.28. The number of phenolic OH excluding ortho intramolecular Hbond substituents is 2. The lowest BCUT2D eigenvalue weighted by atomic mass is 9.96. The van der Waals surface area contributed by atoms with Gasteiger partial charge >= 0.3 is 12.3 Å². The molecule has 122 valence electrons. The minimum atomic E-state index is -4.82. The molecule has 5 nitrogen and oxygen atoms in total. The fourth-order valence-electron chi connectivity index (χ4n) is 2.13. The molecule has 0 heterocycles. The van der Waals surface area contributed by atoms with Gasteiger partial charge in [-0.1, -0.05) is 12.1 Å². The summed E-state index contributed by atoms with van der Waals surface area (Å²) in [6.07, 6.45) is -5.30. The Balaban J connectivity index is 2.43. The number of ether oxygens (including phenoxy) is 1. The molecule has 0 aromatic heterocycles. The van der Waals surface area contributed by atoms with Gasteiger partial charge in [-0.25, -0.2) is 0 Å². The van der Waals surface area contributed by atoms with Crippen LogP contribution in [0.25, 0.3) is 11.1 Å². The number of aliphatic carboxylic acids is 1. The van der Waals surface area contributed by atoms with Crippen LogP contribution in [0.5, 0.6) is 17.2 Å². The van der Waals surface area contributed by atoms with Crippen LogP contribution in [0, 0.1) is 0 Å². The van der Waals surface area contributed by atoms with Crippen LogP contribution in [0.3, 0.4) is 0 Å². The summed E-state index contributed by atoms with van der Waals surface area (Å²) in [5.41, 5.74) is 0.525. The van der Waals surface area contributed by atoms with E-state index in [1.54, 1.807) is 0 Å². The SMILES string of the molecule is O=C(O)Cc1cc(O)cc(O)c1-c1ccc(OC(F)(F)F)cc1. The largest absolute Gasteiger partial charge is 0.573 e. The average molecular weight is 328 g/mol. The predicted molar refractivity (Wildman–Crippen MR) is 73.2 cm³/mol. The van der Waals surface area contributed by atoms with Crippen molar-refractivity contribution < 1.29 is 38.0 Å². The van der Waals surface area contributed by atoms with Crippen molar-refractivity contribution in [3.8, 4) is 28.4 Å². The number of hydrogen-bond acceptors (Lipinski definition) is 4. The van der Waals surface area contributed by atoms with Gasteiger partial charge < -0.3 is 20.1 Å². The van der Waals surface area contributed by atoms with Crippen LogP contribution in [0.1, 0.15) is 5.56 Å². The van der Waals surface area contributed by atoms with Crippen molar-refractivity contribution in [2.45, 2.75) is 12.8 Å². The molecule has 0 aliphatic carbocycles. The molecule has 2 aromatic rings. The van der Waals surface area contributed by atoms with Crippen LogP contribution in [-0.4, -0.2) is 27.7 Å². The second kappa shape index (κ2) is 6.07. The highest BCUT2D eigenvalue weighted by Crippen LogP contribution is 2.37. The topological polar surface area (TPSA) is 87.0 Å². The molecule has 23 heavy (non-hydrogen) atoms. The lowest BCUT2D eigenvalue weighted by Crippen LogP contribution is -2.16. The van der Waals surface area contributed by atoms with E-state index in [1.165, 1.54) is 18.2 Å². The first kappa shape index (κ1) is 16.5. The summed E-state index contributed by atoms with van der Waals surface area (Å²) in [4.78, 5) is 10.9. The highest BCUT2D eigenvalue weighted by molar-refractivity contribution is 5.80. The molecule has 0 radical (unpaired) electrons. The molecule has 0 amide bonds. The Morgan fingerprint density at radius 2 is 1.70 bits per heavy atom. The molecule has 0 atom stereocenters. The Morgan fingerprint density at radius 3 is 2.22 bits per heavy atom. The maximum atomic E-state index is 12.1. The quantitative estimate of drug-likeness (QED) is 0.802. The lowest BCUT2D eigenvalue weighted by molar-refractivity contribution is -0.274. The van der Waals surface area contributed by atoms with Crippen LogP contribution < -0.4 is 4.74 Å². The van der Waals surface area contributed by atoms with E-state index < -0.39 is 24.5 Å². The maximum Gasteiger partial charge on any atom is 0.573 e. The van der Waals surface area contributed by atoms with Gasteiger partial charge in [-0.15, -0.1) is 13.2 Å². The van der Waals surface area contributed by atoms with Gasteiger partial charge in [0, 0.05) is 11.6 Å². The molecule has 0 aliphatic heterocycles. The zero-order valence-corrected chi connectivity index (χ0v) is 11.5. The molecule has 2 rings (SSSR count). The van der Waals surface area contributed by atoms with Gasteiger partial charge in [0.1, 0.15) is 17.2 Å². The van der Waals surface area contributed by atoms with Crippen LogP contribution in [0.4, 0.5) is 13.2 Å². The van der Waals surface area contributed by atoms with Crippen LogP contribution >= 0.6 is 0 Å². The maximum absolute atomic E-state index is 12.1.